The summed E-state index contributed by atoms with van der Waals surface area (Å²) < 4.78 is 6.17. The van der Waals surface area contributed by atoms with Crippen molar-refractivity contribution in [3.63, 3.8) is 0 Å². The van der Waals surface area contributed by atoms with Gasteiger partial charge in [-0.15, -0.1) is 0 Å². The first-order chi connectivity index (χ1) is 12.3. The van der Waals surface area contributed by atoms with E-state index in [1.54, 1.807) is 6.20 Å². The Balaban J connectivity index is 1.51. The highest BCUT2D eigenvalue weighted by Gasteiger charge is 2.22. The van der Waals surface area contributed by atoms with E-state index in [0.717, 1.165) is 42.7 Å². The molecule has 25 heavy (non-hydrogen) atoms. The Morgan fingerprint density at radius 2 is 2.12 bits per heavy atom. The molecule has 3 heterocycles. The summed E-state index contributed by atoms with van der Waals surface area (Å²) in [5.41, 5.74) is 4.53. The lowest BCUT2D eigenvalue weighted by molar-refractivity contribution is 0.0315. The summed E-state index contributed by atoms with van der Waals surface area (Å²) in [5.74, 6) is 0. The predicted molar refractivity (Wildman–Crippen MR) is 101 cm³/mol. The highest BCUT2D eigenvalue weighted by molar-refractivity contribution is 5.92. The van der Waals surface area contributed by atoms with Crippen molar-refractivity contribution in [3.8, 4) is 0 Å². The molecule has 0 spiro atoms. The van der Waals surface area contributed by atoms with Crippen LogP contribution in [0.15, 0.2) is 54.9 Å². The van der Waals surface area contributed by atoms with Crippen molar-refractivity contribution >= 4 is 16.6 Å². The minimum absolute atomic E-state index is 0.251. The molecule has 0 N–H and O–H groups in total. The fraction of sp³-hybridized carbons (Fsp3) is 0.333. The van der Waals surface area contributed by atoms with Crippen molar-refractivity contribution in [2.24, 2.45) is 0 Å². The second-order valence-corrected chi connectivity index (χ2v) is 6.68. The molecule has 0 radical (unpaired) electrons. The van der Waals surface area contributed by atoms with Gasteiger partial charge in [0.15, 0.2) is 0 Å². The Kier molecular flexibility index (Phi) is 4.61. The molecule has 0 amide bonds. The van der Waals surface area contributed by atoms with Crippen LogP contribution < -0.4 is 4.90 Å². The number of fused-ring (bicyclic) bond motifs is 1. The molecule has 3 aromatic rings. The molecule has 4 nitrogen and oxygen atoms in total. The zero-order valence-electron chi connectivity index (χ0n) is 14.6. The summed E-state index contributed by atoms with van der Waals surface area (Å²) in [6, 6.07) is 14.6. The van der Waals surface area contributed by atoms with Gasteiger partial charge >= 0.3 is 0 Å². The average Bonchev–Trinajstić information content (AvgIpc) is 2.67. The van der Waals surface area contributed by atoms with Gasteiger partial charge in [-0.1, -0.05) is 24.3 Å². The number of benzene rings is 1. The van der Waals surface area contributed by atoms with Crippen LogP contribution >= 0.6 is 0 Å². The number of hydrogen-bond donors (Lipinski definition) is 0. The third kappa shape index (κ3) is 3.64. The van der Waals surface area contributed by atoms with Crippen molar-refractivity contribution < 1.29 is 4.74 Å². The monoisotopic (exact) mass is 333 g/mol. The second kappa shape index (κ2) is 7.19. The summed E-state index contributed by atoms with van der Waals surface area (Å²) in [5, 5.41) is 1.22. The third-order valence-electron chi connectivity index (χ3n) is 4.75. The van der Waals surface area contributed by atoms with Crippen molar-refractivity contribution in [2.45, 2.75) is 32.5 Å². The first-order valence-electron chi connectivity index (χ1n) is 8.91. The van der Waals surface area contributed by atoms with Gasteiger partial charge < -0.3 is 9.64 Å². The molecule has 1 atom stereocenters. The molecule has 4 rings (SSSR count). The van der Waals surface area contributed by atoms with Gasteiger partial charge in [0.2, 0.25) is 0 Å². The maximum atomic E-state index is 6.17. The van der Waals surface area contributed by atoms with Crippen LogP contribution in [-0.2, 0) is 11.3 Å². The molecule has 4 heteroatoms. The van der Waals surface area contributed by atoms with Gasteiger partial charge in [-0.3, -0.25) is 9.97 Å². The maximum Gasteiger partial charge on any atom is 0.0755 e. The highest BCUT2D eigenvalue weighted by atomic mass is 16.5. The number of nitrogens with zero attached hydrogens (tertiary/aromatic N) is 3. The van der Waals surface area contributed by atoms with Crippen LogP contribution in [0, 0.1) is 6.92 Å². The van der Waals surface area contributed by atoms with Crippen molar-refractivity contribution in [1.29, 1.82) is 0 Å². The van der Waals surface area contributed by atoms with Gasteiger partial charge in [-0.2, -0.15) is 0 Å². The fourth-order valence-corrected chi connectivity index (χ4v) is 3.54. The Labute approximate surface area is 148 Å². The van der Waals surface area contributed by atoms with Crippen LogP contribution in [0.3, 0.4) is 0 Å². The Morgan fingerprint density at radius 1 is 1.20 bits per heavy atom. The molecule has 2 aromatic heterocycles. The summed E-state index contributed by atoms with van der Waals surface area (Å²) >= 11 is 0. The Morgan fingerprint density at radius 3 is 3.00 bits per heavy atom. The number of rotatable bonds is 4. The molecule has 1 aliphatic rings. The van der Waals surface area contributed by atoms with Gasteiger partial charge in [0.25, 0.3) is 0 Å². The maximum absolute atomic E-state index is 6.17. The lowest BCUT2D eigenvalue weighted by atomic mass is 10.0. The molecule has 1 saturated heterocycles. The minimum Gasteiger partial charge on any atom is -0.372 e. The van der Waals surface area contributed by atoms with Crippen molar-refractivity contribution in [2.75, 3.05) is 18.0 Å². The van der Waals surface area contributed by atoms with E-state index in [9.17, 15) is 0 Å². The van der Waals surface area contributed by atoms with E-state index in [-0.39, 0.29) is 6.10 Å². The molecule has 0 bridgehead atoms. The highest BCUT2D eigenvalue weighted by Crippen LogP contribution is 2.29. The van der Waals surface area contributed by atoms with Crippen molar-refractivity contribution in [1.82, 2.24) is 9.97 Å². The third-order valence-corrected chi connectivity index (χ3v) is 4.75. The van der Waals surface area contributed by atoms with Crippen LogP contribution in [0.25, 0.3) is 10.9 Å². The molecule has 128 valence electrons. The number of ether oxygens (including phenoxy) is 1. The standard InChI is InChI=1S/C21H23N3O/c1-16-12-21(19-8-2-3-9-20(19)23-16)24-11-5-7-18(14-24)25-15-17-6-4-10-22-13-17/h2-4,6,8-10,12-13,18H,5,7,11,14-15H2,1H3. The van der Waals surface area contributed by atoms with Crippen LogP contribution in [0.4, 0.5) is 5.69 Å². The van der Waals surface area contributed by atoms with Gasteiger partial charge in [0.1, 0.15) is 0 Å². The normalized spacial score (nSPS) is 17.8. The number of anilines is 1. The quantitative estimate of drug-likeness (QED) is 0.720. The number of para-hydroxylation sites is 1. The second-order valence-electron chi connectivity index (χ2n) is 6.68. The van der Waals surface area contributed by atoms with E-state index in [1.807, 2.05) is 12.3 Å². The molecular formula is C21H23N3O. The molecular weight excluding hydrogens is 310 g/mol. The van der Waals surface area contributed by atoms with E-state index in [2.05, 4.69) is 58.2 Å². The summed E-state index contributed by atoms with van der Waals surface area (Å²) in [4.78, 5) is 11.3. The van der Waals surface area contributed by atoms with E-state index < -0.39 is 0 Å². The lowest BCUT2D eigenvalue weighted by Crippen LogP contribution is -2.39. The zero-order valence-corrected chi connectivity index (χ0v) is 14.6. The molecule has 1 fully saturated rings. The SMILES string of the molecule is Cc1cc(N2CCCC(OCc3cccnc3)C2)c2ccccc2n1. The summed E-state index contributed by atoms with van der Waals surface area (Å²) in [6.45, 7) is 4.69. The van der Waals surface area contributed by atoms with Gasteiger partial charge in [-0.05, 0) is 43.5 Å². The first-order valence-corrected chi connectivity index (χ1v) is 8.91. The largest absolute Gasteiger partial charge is 0.372 e. The minimum atomic E-state index is 0.251. The summed E-state index contributed by atoms with van der Waals surface area (Å²) in [6.07, 6.45) is 6.18. The van der Waals surface area contributed by atoms with E-state index in [4.69, 9.17) is 4.74 Å². The van der Waals surface area contributed by atoms with E-state index >= 15 is 0 Å². The molecule has 1 aromatic carbocycles. The fourth-order valence-electron chi connectivity index (χ4n) is 3.54. The van der Waals surface area contributed by atoms with Crippen LogP contribution in [0.2, 0.25) is 0 Å². The van der Waals surface area contributed by atoms with Crippen LogP contribution in [0.5, 0.6) is 0 Å². The van der Waals surface area contributed by atoms with Crippen LogP contribution in [0.1, 0.15) is 24.1 Å². The van der Waals surface area contributed by atoms with Gasteiger partial charge in [0.05, 0.1) is 18.2 Å². The molecule has 1 unspecified atom stereocenters. The number of hydrogen-bond acceptors (Lipinski definition) is 4. The van der Waals surface area contributed by atoms with E-state index in [0.29, 0.717) is 6.61 Å². The number of aryl methyl sites for hydroxylation is 1. The first kappa shape index (κ1) is 16.0. The smallest absolute Gasteiger partial charge is 0.0755 e. The molecule has 1 aliphatic heterocycles. The predicted octanol–water partition coefficient (Wildman–Crippen LogP) is 4.12. The number of piperidine rings is 1. The lowest BCUT2D eigenvalue weighted by Gasteiger charge is -2.35. The Bertz CT molecular complexity index is 850. The topological polar surface area (TPSA) is 38.2 Å². The Hall–Kier alpha value is -2.46. The van der Waals surface area contributed by atoms with Gasteiger partial charge in [0, 0.05) is 42.3 Å². The number of pyridine rings is 2. The van der Waals surface area contributed by atoms with Crippen LogP contribution in [-0.4, -0.2) is 29.2 Å². The summed E-state index contributed by atoms with van der Waals surface area (Å²) in [7, 11) is 0. The van der Waals surface area contributed by atoms with Gasteiger partial charge in [-0.25, -0.2) is 0 Å². The molecule has 0 saturated carbocycles. The van der Waals surface area contributed by atoms with E-state index in [1.165, 1.54) is 11.1 Å². The molecule has 0 aliphatic carbocycles. The number of aromatic nitrogens is 2. The average molecular weight is 333 g/mol. The zero-order chi connectivity index (χ0) is 17.1. The van der Waals surface area contributed by atoms with Crippen molar-refractivity contribution in [3.05, 3.63) is 66.1 Å².